The molecule has 0 atom stereocenters. The first-order valence-electron chi connectivity index (χ1n) is 7.16. The Morgan fingerprint density at radius 3 is 2.43 bits per heavy atom. The van der Waals surface area contributed by atoms with Crippen molar-refractivity contribution in [2.24, 2.45) is 0 Å². The number of nitrogens with one attached hydrogen (secondary N) is 1. The standard InChI is InChI=1S/C15H23FN2O2S/c1-15(2,3)17-11-12-13(16)5-4-6-14(12)18-7-9-21(19,20)10-8-18/h4-6,17H,7-11H2,1-3H3. The third-order valence-electron chi connectivity index (χ3n) is 3.57. The van der Waals surface area contributed by atoms with Crippen molar-refractivity contribution in [3.63, 3.8) is 0 Å². The first kappa shape index (κ1) is 16.2. The highest BCUT2D eigenvalue weighted by Gasteiger charge is 2.24. The van der Waals surface area contributed by atoms with Gasteiger partial charge >= 0.3 is 0 Å². The van der Waals surface area contributed by atoms with Crippen LogP contribution in [0.25, 0.3) is 0 Å². The second kappa shape index (κ2) is 5.93. The molecule has 4 nitrogen and oxygen atoms in total. The molecule has 0 saturated carbocycles. The van der Waals surface area contributed by atoms with E-state index in [9.17, 15) is 12.8 Å². The molecule has 6 heteroatoms. The molecule has 21 heavy (non-hydrogen) atoms. The van der Waals surface area contributed by atoms with Gasteiger partial charge in [0.25, 0.3) is 0 Å². The average molecular weight is 314 g/mol. The fraction of sp³-hybridized carbons (Fsp3) is 0.600. The number of halogens is 1. The highest BCUT2D eigenvalue weighted by Crippen LogP contribution is 2.25. The zero-order chi connectivity index (χ0) is 15.7. The highest BCUT2D eigenvalue weighted by atomic mass is 32.2. The van der Waals surface area contributed by atoms with Gasteiger partial charge < -0.3 is 10.2 Å². The van der Waals surface area contributed by atoms with Crippen molar-refractivity contribution in [3.05, 3.63) is 29.6 Å². The van der Waals surface area contributed by atoms with Gasteiger partial charge in [0.15, 0.2) is 9.84 Å². The highest BCUT2D eigenvalue weighted by molar-refractivity contribution is 7.91. The van der Waals surface area contributed by atoms with Crippen LogP contribution >= 0.6 is 0 Å². The number of nitrogens with zero attached hydrogens (tertiary/aromatic N) is 1. The first-order valence-corrected chi connectivity index (χ1v) is 8.98. The second-order valence-corrected chi connectivity index (χ2v) is 8.78. The molecule has 0 radical (unpaired) electrons. The summed E-state index contributed by atoms with van der Waals surface area (Å²) >= 11 is 0. The number of sulfone groups is 1. The Bertz CT molecular complexity index is 595. The van der Waals surface area contributed by atoms with Crippen molar-refractivity contribution in [2.45, 2.75) is 32.9 Å². The van der Waals surface area contributed by atoms with E-state index in [4.69, 9.17) is 0 Å². The lowest BCUT2D eigenvalue weighted by molar-refractivity contribution is 0.418. The van der Waals surface area contributed by atoms with Gasteiger partial charge in [-0.15, -0.1) is 0 Å². The van der Waals surface area contributed by atoms with Crippen LogP contribution in [0.2, 0.25) is 0 Å². The Hall–Kier alpha value is -1.14. The maximum Gasteiger partial charge on any atom is 0.153 e. The summed E-state index contributed by atoms with van der Waals surface area (Å²) in [6.07, 6.45) is 0. The fourth-order valence-corrected chi connectivity index (χ4v) is 3.53. The molecule has 0 spiro atoms. The molecular formula is C15H23FN2O2S. The van der Waals surface area contributed by atoms with Crippen LogP contribution in [0, 0.1) is 5.82 Å². The van der Waals surface area contributed by atoms with E-state index >= 15 is 0 Å². The van der Waals surface area contributed by atoms with E-state index < -0.39 is 9.84 Å². The van der Waals surface area contributed by atoms with E-state index in [1.165, 1.54) is 6.07 Å². The number of benzene rings is 1. The van der Waals surface area contributed by atoms with Crippen molar-refractivity contribution >= 4 is 15.5 Å². The number of hydrogen-bond donors (Lipinski definition) is 1. The van der Waals surface area contributed by atoms with Crippen molar-refractivity contribution in [1.29, 1.82) is 0 Å². The Morgan fingerprint density at radius 2 is 1.86 bits per heavy atom. The quantitative estimate of drug-likeness (QED) is 0.926. The van der Waals surface area contributed by atoms with Crippen molar-refractivity contribution < 1.29 is 12.8 Å². The fourth-order valence-electron chi connectivity index (χ4n) is 2.33. The lowest BCUT2D eigenvalue weighted by atomic mass is 10.1. The minimum absolute atomic E-state index is 0.106. The van der Waals surface area contributed by atoms with Gasteiger partial charge in [-0.3, -0.25) is 0 Å². The molecule has 1 N–H and O–H groups in total. The van der Waals surface area contributed by atoms with E-state index in [-0.39, 0.29) is 22.9 Å². The molecule has 0 aliphatic carbocycles. The number of anilines is 1. The predicted octanol–water partition coefficient (Wildman–Crippen LogP) is 1.95. The van der Waals surface area contributed by atoms with Gasteiger partial charge in [-0.1, -0.05) is 6.07 Å². The van der Waals surface area contributed by atoms with Crippen LogP contribution in [0.5, 0.6) is 0 Å². The van der Waals surface area contributed by atoms with E-state index in [0.29, 0.717) is 25.2 Å². The molecule has 118 valence electrons. The van der Waals surface area contributed by atoms with Gasteiger partial charge in [-0.05, 0) is 32.9 Å². The van der Waals surface area contributed by atoms with E-state index in [1.54, 1.807) is 6.07 Å². The van der Waals surface area contributed by atoms with Gasteiger partial charge in [-0.25, -0.2) is 12.8 Å². The van der Waals surface area contributed by atoms with Crippen molar-refractivity contribution in [3.8, 4) is 0 Å². The lowest BCUT2D eigenvalue weighted by Gasteiger charge is -2.31. The molecule has 0 amide bonds. The third-order valence-corrected chi connectivity index (χ3v) is 5.18. The molecule has 0 bridgehead atoms. The summed E-state index contributed by atoms with van der Waals surface area (Å²) in [6.45, 7) is 7.36. The van der Waals surface area contributed by atoms with Crippen LogP contribution in [0.3, 0.4) is 0 Å². The maximum atomic E-state index is 14.1. The molecule has 2 rings (SSSR count). The molecule has 0 unspecified atom stereocenters. The monoisotopic (exact) mass is 314 g/mol. The predicted molar refractivity (Wildman–Crippen MR) is 83.9 cm³/mol. The summed E-state index contributed by atoms with van der Waals surface area (Å²) < 4.78 is 37.2. The normalized spacial score (nSPS) is 18.8. The summed E-state index contributed by atoms with van der Waals surface area (Å²) in [4.78, 5) is 1.96. The Balaban J connectivity index is 2.21. The summed E-state index contributed by atoms with van der Waals surface area (Å²) in [5, 5.41) is 3.29. The van der Waals surface area contributed by atoms with Crippen LogP contribution in [-0.2, 0) is 16.4 Å². The minimum atomic E-state index is -2.93. The van der Waals surface area contributed by atoms with Crippen LogP contribution in [0.1, 0.15) is 26.3 Å². The Kier molecular flexibility index (Phi) is 4.58. The lowest BCUT2D eigenvalue weighted by Crippen LogP contribution is -2.41. The zero-order valence-corrected chi connectivity index (χ0v) is 13.6. The molecule has 1 aromatic rings. The van der Waals surface area contributed by atoms with Gasteiger partial charge in [0.2, 0.25) is 0 Å². The molecule has 1 fully saturated rings. The van der Waals surface area contributed by atoms with Crippen LogP contribution in [-0.4, -0.2) is 38.6 Å². The molecule has 1 aliphatic heterocycles. The summed E-state index contributed by atoms with van der Waals surface area (Å²) in [5.41, 5.74) is 1.29. The molecule has 1 saturated heterocycles. The maximum absolute atomic E-state index is 14.1. The Morgan fingerprint density at radius 1 is 1.24 bits per heavy atom. The van der Waals surface area contributed by atoms with E-state index in [1.807, 2.05) is 31.7 Å². The summed E-state index contributed by atoms with van der Waals surface area (Å²) in [6, 6.07) is 4.99. The second-order valence-electron chi connectivity index (χ2n) is 6.48. The van der Waals surface area contributed by atoms with Gasteiger partial charge in [-0.2, -0.15) is 0 Å². The van der Waals surface area contributed by atoms with Gasteiger partial charge in [0, 0.05) is 36.4 Å². The molecule has 1 heterocycles. The number of rotatable bonds is 3. The third kappa shape index (κ3) is 4.41. The number of hydrogen-bond acceptors (Lipinski definition) is 4. The summed E-state index contributed by atoms with van der Waals surface area (Å²) in [5.74, 6) is 0.0170. The molecular weight excluding hydrogens is 291 g/mol. The van der Waals surface area contributed by atoms with E-state index in [2.05, 4.69) is 5.32 Å². The topological polar surface area (TPSA) is 49.4 Å². The summed E-state index contributed by atoms with van der Waals surface area (Å²) in [7, 11) is -2.93. The van der Waals surface area contributed by atoms with Crippen molar-refractivity contribution in [2.75, 3.05) is 29.5 Å². The average Bonchev–Trinajstić information content (AvgIpc) is 2.36. The first-order chi connectivity index (χ1) is 9.68. The largest absolute Gasteiger partial charge is 0.369 e. The molecule has 1 aromatic carbocycles. The zero-order valence-electron chi connectivity index (χ0n) is 12.8. The van der Waals surface area contributed by atoms with Crippen molar-refractivity contribution in [1.82, 2.24) is 5.32 Å². The minimum Gasteiger partial charge on any atom is -0.369 e. The van der Waals surface area contributed by atoms with Crippen LogP contribution in [0.4, 0.5) is 10.1 Å². The van der Waals surface area contributed by atoms with Gasteiger partial charge in [0.05, 0.1) is 11.5 Å². The van der Waals surface area contributed by atoms with Crippen LogP contribution in [0.15, 0.2) is 18.2 Å². The SMILES string of the molecule is CC(C)(C)NCc1c(F)cccc1N1CCS(=O)(=O)CC1. The van der Waals surface area contributed by atoms with E-state index in [0.717, 1.165) is 5.69 Å². The molecule has 1 aliphatic rings. The Labute approximate surface area is 126 Å². The molecule has 0 aromatic heterocycles. The van der Waals surface area contributed by atoms with Gasteiger partial charge in [0.1, 0.15) is 5.82 Å². The smallest absolute Gasteiger partial charge is 0.153 e. The van der Waals surface area contributed by atoms with Crippen LogP contribution < -0.4 is 10.2 Å².